The Morgan fingerprint density at radius 3 is 1.55 bits per heavy atom. The maximum Gasteiger partial charge on any atom is 0.164 e. The third kappa shape index (κ3) is 5.72. The molecular formula is C51H42N4. The summed E-state index contributed by atoms with van der Waals surface area (Å²) in [5.74, 6) is 1.96. The molecule has 2 aromatic heterocycles. The van der Waals surface area contributed by atoms with Crippen LogP contribution >= 0.6 is 0 Å². The molecule has 0 saturated heterocycles. The standard InChI is InChI=1S/C51H42N4/c1-50(2)27-28-51(3,4)44-32-46-42(31-43(44)50)41-17-11-12-18-45(41)55(46)40-25-23-35(24-26-40)48-52-47(34-15-9-6-10-16-34)53-49(54-48)39-22-21-37-29-36(19-20-38(37)30-39)33-13-7-5-8-14-33/h5-26,29-32H,27-28H2,1-4H3. The van der Waals surface area contributed by atoms with Crippen molar-refractivity contribution < 1.29 is 0 Å². The van der Waals surface area contributed by atoms with Gasteiger partial charge < -0.3 is 4.57 Å². The first kappa shape index (κ1) is 33.2. The van der Waals surface area contributed by atoms with Gasteiger partial charge in [0, 0.05) is 33.2 Å². The summed E-state index contributed by atoms with van der Waals surface area (Å²) in [7, 11) is 0. The molecule has 266 valence electrons. The van der Waals surface area contributed by atoms with Crippen molar-refractivity contribution in [1.29, 1.82) is 0 Å². The molecule has 0 N–H and O–H groups in total. The molecule has 4 heteroatoms. The second kappa shape index (κ2) is 12.6. The maximum atomic E-state index is 5.11. The van der Waals surface area contributed by atoms with E-state index in [-0.39, 0.29) is 10.8 Å². The molecule has 10 rings (SSSR count). The van der Waals surface area contributed by atoms with Crippen LogP contribution in [0.5, 0.6) is 0 Å². The Labute approximate surface area is 322 Å². The smallest absolute Gasteiger partial charge is 0.164 e. The molecule has 1 aliphatic rings. The van der Waals surface area contributed by atoms with E-state index in [2.05, 4.69) is 172 Å². The molecule has 0 atom stereocenters. The highest BCUT2D eigenvalue weighted by molar-refractivity contribution is 6.10. The second-order valence-corrected chi connectivity index (χ2v) is 16.4. The number of hydrogen-bond acceptors (Lipinski definition) is 3. The summed E-state index contributed by atoms with van der Waals surface area (Å²) in [5, 5.41) is 4.91. The lowest BCUT2D eigenvalue weighted by Gasteiger charge is -2.42. The number of fused-ring (bicyclic) bond motifs is 5. The summed E-state index contributed by atoms with van der Waals surface area (Å²) in [6.45, 7) is 9.62. The third-order valence-corrected chi connectivity index (χ3v) is 11.9. The zero-order valence-corrected chi connectivity index (χ0v) is 31.7. The molecular weight excluding hydrogens is 669 g/mol. The molecule has 0 unspecified atom stereocenters. The lowest BCUT2D eigenvalue weighted by atomic mass is 9.63. The van der Waals surface area contributed by atoms with Gasteiger partial charge in [0.05, 0.1) is 11.0 Å². The Morgan fingerprint density at radius 2 is 0.891 bits per heavy atom. The lowest BCUT2D eigenvalue weighted by molar-refractivity contribution is 0.332. The van der Waals surface area contributed by atoms with Crippen molar-refractivity contribution in [3.05, 3.63) is 169 Å². The Bertz CT molecular complexity index is 2900. The van der Waals surface area contributed by atoms with Crippen molar-refractivity contribution in [2.75, 3.05) is 0 Å². The fourth-order valence-corrected chi connectivity index (χ4v) is 8.61. The Hall–Kier alpha value is -6.39. The number of rotatable bonds is 5. The van der Waals surface area contributed by atoms with Gasteiger partial charge in [-0.1, -0.05) is 131 Å². The van der Waals surface area contributed by atoms with Crippen LogP contribution in [0.3, 0.4) is 0 Å². The summed E-state index contributed by atoms with van der Waals surface area (Å²) in [6.07, 6.45) is 2.38. The van der Waals surface area contributed by atoms with E-state index in [1.807, 2.05) is 18.2 Å². The predicted octanol–water partition coefficient (Wildman–Crippen LogP) is 13.1. The van der Waals surface area contributed by atoms with Crippen molar-refractivity contribution in [2.24, 2.45) is 0 Å². The average molecular weight is 711 g/mol. The van der Waals surface area contributed by atoms with Crippen LogP contribution in [0.15, 0.2) is 158 Å². The second-order valence-electron chi connectivity index (χ2n) is 16.4. The molecule has 0 bridgehead atoms. The van der Waals surface area contributed by atoms with E-state index < -0.39 is 0 Å². The number of aromatic nitrogens is 4. The first-order valence-corrected chi connectivity index (χ1v) is 19.3. The normalized spacial score (nSPS) is 14.7. The Balaban J connectivity index is 1.08. The van der Waals surface area contributed by atoms with E-state index >= 15 is 0 Å². The summed E-state index contributed by atoms with van der Waals surface area (Å²) in [4.78, 5) is 15.2. The molecule has 55 heavy (non-hydrogen) atoms. The number of nitrogens with zero attached hydrogens (tertiary/aromatic N) is 4. The van der Waals surface area contributed by atoms with E-state index in [4.69, 9.17) is 15.0 Å². The van der Waals surface area contributed by atoms with E-state index in [0.29, 0.717) is 17.5 Å². The van der Waals surface area contributed by atoms with Gasteiger partial charge in [-0.05, 0) is 111 Å². The minimum absolute atomic E-state index is 0.118. The van der Waals surface area contributed by atoms with Gasteiger partial charge in [0.15, 0.2) is 17.5 Å². The topological polar surface area (TPSA) is 43.6 Å². The highest BCUT2D eigenvalue weighted by atomic mass is 15.0. The van der Waals surface area contributed by atoms with Crippen LogP contribution in [0.25, 0.3) is 83.6 Å². The third-order valence-electron chi connectivity index (χ3n) is 11.9. The predicted molar refractivity (Wildman–Crippen MR) is 229 cm³/mol. The highest BCUT2D eigenvalue weighted by Crippen LogP contribution is 2.48. The van der Waals surface area contributed by atoms with Gasteiger partial charge in [-0.2, -0.15) is 0 Å². The van der Waals surface area contributed by atoms with Crippen LogP contribution in [0, 0.1) is 0 Å². The molecule has 0 aliphatic heterocycles. The summed E-state index contributed by atoms with van der Waals surface area (Å²) < 4.78 is 2.43. The average Bonchev–Trinajstić information content (AvgIpc) is 3.56. The van der Waals surface area contributed by atoms with Crippen molar-refractivity contribution in [2.45, 2.75) is 51.4 Å². The fraction of sp³-hybridized carbons (Fsp3) is 0.157. The first-order chi connectivity index (χ1) is 26.7. The number of para-hydroxylation sites is 1. The van der Waals surface area contributed by atoms with Crippen LogP contribution in [0.4, 0.5) is 0 Å². The molecule has 0 radical (unpaired) electrons. The monoisotopic (exact) mass is 710 g/mol. The first-order valence-electron chi connectivity index (χ1n) is 19.3. The molecule has 9 aromatic rings. The van der Waals surface area contributed by atoms with Crippen LogP contribution in [-0.2, 0) is 10.8 Å². The molecule has 7 aromatic carbocycles. The number of benzene rings is 7. The summed E-state index contributed by atoms with van der Waals surface area (Å²) >= 11 is 0. The van der Waals surface area contributed by atoms with E-state index in [9.17, 15) is 0 Å². The minimum Gasteiger partial charge on any atom is -0.309 e. The quantitative estimate of drug-likeness (QED) is 0.179. The summed E-state index contributed by atoms with van der Waals surface area (Å²) in [6, 6.07) is 56.3. The SMILES string of the molecule is CC1(C)CCC(C)(C)c2cc3c(cc21)c1ccccc1n3-c1ccc(-c2nc(-c3ccccc3)nc(-c3ccc4cc(-c5ccccc5)ccc4c3)n2)cc1. The van der Waals surface area contributed by atoms with Gasteiger partial charge >= 0.3 is 0 Å². The molecule has 0 saturated carbocycles. The molecule has 4 nitrogen and oxygen atoms in total. The number of hydrogen-bond donors (Lipinski definition) is 0. The van der Waals surface area contributed by atoms with Crippen molar-refractivity contribution in [3.8, 4) is 51.0 Å². The van der Waals surface area contributed by atoms with E-state index in [0.717, 1.165) is 27.8 Å². The van der Waals surface area contributed by atoms with Gasteiger partial charge in [-0.15, -0.1) is 0 Å². The molecule has 0 spiro atoms. The van der Waals surface area contributed by atoms with Gasteiger partial charge in [-0.3, -0.25) is 0 Å². The van der Waals surface area contributed by atoms with Crippen molar-refractivity contribution in [1.82, 2.24) is 19.5 Å². The Kier molecular flexibility index (Phi) is 7.60. The van der Waals surface area contributed by atoms with Crippen LogP contribution in [-0.4, -0.2) is 19.5 Å². The van der Waals surface area contributed by atoms with Crippen LogP contribution in [0.1, 0.15) is 51.7 Å². The van der Waals surface area contributed by atoms with E-state index in [1.165, 1.54) is 62.3 Å². The van der Waals surface area contributed by atoms with Crippen LogP contribution < -0.4 is 0 Å². The molecule has 1 aliphatic carbocycles. The highest BCUT2D eigenvalue weighted by Gasteiger charge is 2.37. The van der Waals surface area contributed by atoms with Gasteiger partial charge in [0.1, 0.15) is 0 Å². The minimum atomic E-state index is 0.118. The van der Waals surface area contributed by atoms with Gasteiger partial charge in [0.2, 0.25) is 0 Å². The lowest BCUT2D eigenvalue weighted by Crippen LogP contribution is -2.33. The van der Waals surface area contributed by atoms with E-state index in [1.54, 1.807) is 0 Å². The van der Waals surface area contributed by atoms with Crippen LogP contribution in [0.2, 0.25) is 0 Å². The molecule has 0 amide bonds. The van der Waals surface area contributed by atoms with Gasteiger partial charge in [-0.25, -0.2) is 15.0 Å². The molecule has 2 heterocycles. The van der Waals surface area contributed by atoms with Crippen molar-refractivity contribution >= 4 is 32.6 Å². The fourth-order valence-electron chi connectivity index (χ4n) is 8.61. The summed E-state index contributed by atoms with van der Waals surface area (Å²) in [5.41, 5.74) is 12.1. The van der Waals surface area contributed by atoms with Gasteiger partial charge in [0.25, 0.3) is 0 Å². The zero-order chi connectivity index (χ0) is 37.3. The molecule has 0 fully saturated rings. The largest absolute Gasteiger partial charge is 0.309 e. The maximum absolute atomic E-state index is 5.11. The zero-order valence-electron chi connectivity index (χ0n) is 31.7. The Morgan fingerprint density at radius 1 is 0.400 bits per heavy atom. The van der Waals surface area contributed by atoms with Crippen molar-refractivity contribution in [3.63, 3.8) is 0 Å².